The van der Waals surface area contributed by atoms with E-state index in [0.717, 1.165) is 29.9 Å². The van der Waals surface area contributed by atoms with Crippen LogP contribution in [0.1, 0.15) is 24.1 Å². The number of aromatic nitrogens is 2. The van der Waals surface area contributed by atoms with Gasteiger partial charge in [0.2, 0.25) is 0 Å². The first-order valence-corrected chi connectivity index (χ1v) is 9.17. The molecule has 0 unspecified atom stereocenters. The molecule has 28 heavy (non-hydrogen) atoms. The van der Waals surface area contributed by atoms with Crippen molar-refractivity contribution in [2.75, 3.05) is 19.6 Å². The second kappa shape index (κ2) is 7.43. The van der Waals surface area contributed by atoms with Crippen LogP contribution in [0.3, 0.4) is 0 Å². The van der Waals surface area contributed by atoms with E-state index in [4.69, 9.17) is 0 Å². The number of hydrogen-bond donors (Lipinski definition) is 0. The number of urea groups is 1. The molecule has 4 rings (SSSR count). The van der Waals surface area contributed by atoms with Crippen molar-refractivity contribution in [3.05, 3.63) is 59.2 Å². The largest absolute Gasteiger partial charge is 0.331 e. The molecule has 0 N–H and O–H groups in total. The normalized spacial score (nSPS) is 16.5. The molecule has 0 saturated carbocycles. The van der Waals surface area contributed by atoms with Gasteiger partial charge in [-0.05, 0) is 36.1 Å². The highest BCUT2D eigenvalue weighted by atomic mass is 19.2. The lowest BCUT2D eigenvalue weighted by molar-refractivity contribution is 0.137. The fraction of sp³-hybridized carbons (Fsp3) is 0.350. The maximum absolute atomic E-state index is 13.5. The van der Waals surface area contributed by atoms with Crippen molar-refractivity contribution in [1.82, 2.24) is 19.4 Å². The Morgan fingerprint density at radius 3 is 2.57 bits per heavy atom. The number of piperidine rings is 1. The van der Waals surface area contributed by atoms with Gasteiger partial charge in [0.15, 0.2) is 11.6 Å². The molecule has 3 heterocycles. The molecule has 2 aromatic rings. The van der Waals surface area contributed by atoms with Crippen LogP contribution in [-0.2, 0) is 13.1 Å². The van der Waals surface area contributed by atoms with Gasteiger partial charge in [0.1, 0.15) is 0 Å². The Hall–Kier alpha value is -3.21. The Bertz CT molecular complexity index is 981. The van der Waals surface area contributed by atoms with E-state index in [2.05, 4.69) is 11.1 Å². The topological polar surface area (TPSA) is 65.2 Å². The molecule has 144 valence electrons. The Morgan fingerprint density at radius 2 is 1.86 bits per heavy atom. The minimum absolute atomic E-state index is 0.0159. The summed E-state index contributed by atoms with van der Waals surface area (Å²) < 4.78 is 28.7. The summed E-state index contributed by atoms with van der Waals surface area (Å²) in [5, 5.41) is 9.52. The smallest absolute Gasteiger partial charge is 0.320 e. The molecule has 1 fully saturated rings. The molecule has 1 saturated heterocycles. The average molecular weight is 383 g/mol. The molecule has 1 aromatic carbocycles. The number of fused-ring (bicyclic) bond motifs is 1. The summed E-state index contributed by atoms with van der Waals surface area (Å²) in [7, 11) is 0. The van der Waals surface area contributed by atoms with Crippen molar-refractivity contribution in [2.45, 2.75) is 25.9 Å². The zero-order valence-electron chi connectivity index (χ0n) is 15.2. The summed E-state index contributed by atoms with van der Waals surface area (Å²) in [6.45, 7) is 2.91. The van der Waals surface area contributed by atoms with Crippen LogP contribution in [0.5, 0.6) is 0 Å². The zero-order chi connectivity index (χ0) is 19.7. The highest BCUT2D eigenvalue weighted by Crippen LogP contribution is 2.28. The highest BCUT2D eigenvalue weighted by molar-refractivity contribution is 5.80. The summed E-state index contributed by atoms with van der Waals surface area (Å²) in [6.07, 6.45) is 4.63. The third kappa shape index (κ3) is 3.36. The quantitative estimate of drug-likeness (QED) is 0.711. The lowest BCUT2D eigenvalue weighted by Crippen LogP contribution is -2.48. The number of hydrogen-bond acceptors (Lipinski definition) is 3. The first kappa shape index (κ1) is 18.2. The van der Waals surface area contributed by atoms with Crippen LogP contribution in [0.25, 0.3) is 5.57 Å². The van der Waals surface area contributed by atoms with Crippen molar-refractivity contribution >= 4 is 11.6 Å². The second-order valence-electron chi connectivity index (χ2n) is 6.99. The molecule has 8 heteroatoms. The third-order valence-electron chi connectivity index (χ3n) is 5.34. The number of amides is 2. The molecule has 2 aliphatic heterocycles. The summed E-state index contributed by atoms with van der Waals surface area (Å²) in [5.74, 6) is -1.91. The van der Waals surface area contributed by atoms with E-state index in [0.29, 0.717) is 50.2 Å². The minimum atomic E-state index is -0.970. The molecule has 0 spiro atoms. The zero-order valence-corrected chi connectivity index (χ0v) is 15.2. The number of halogens is 2. The number of carbonyl (C=O) groups excluding carboxylic acids is 1. The van der Waals surface area contributed by atoms with Crippen LogP contribution in [0.15, 0.2) is 36.3 Å². The molecular formula is C20H19F2N5O. The second-order valence-corrected chi connectivity index (χ2v) is 6.99. The van der Waals surface area contributed by atoms with Crippen molar-refractivity contribution < 1.29 is 13.6 Å². The Balaban J connectivity index is 1.45. The van der Waals surface area contributed by atoms with Gasteiger partial charge in [-0.15, -0.1) is 0 Å². The lowest BCUT2D eigenvalue weighted by atomic mass is 9.94. The van der Waals surface area contributed by atoms with Crippen LogP contribution < -0.4 is 0 Å². The monoisotopic (exact) mass is 383 g/mol. The van der Waals surface area contributed by atoms with Gasteiger partial charge in [-0.25, -0.2) is 18.6 Å². The lowest BCUT2D eigenvalue weighted by Gasteiger charge is -2.36. The maximum atomic E-state index is 13.5. The van der Waals surface area contributed by atoms with Gasteiger partial charge in [0, 0.05) is 32.4 Å². The summed E-state index contributed by atoms with van der Waals surface area (Å²) in [5.41, 5.74) is 2.63. The number of imidazole rings is 1. The predicted octanol–water partition coefficient (Wildman–Crippen LogP) is 3.17. The van der Waals surface area contributed by atoms with Crippen molar-refractivity contribution in [3.63, 3.8) is 0 Å². The number of likely N-dealkylation sites (tertiary alicyclic amines) is 1. The van der Waals surface area contributed by atoms with Crippen LogP contribution in [0.2, 0.25) is 0 Å². The number of rotatable bonds is 1. The van der Waals surface area contributed by atoms with Gasteiger partial charge in [-0.1, -0.05) is 6.07 Å². The van der Waals surface area contributed by atoms with E-state index in [1.54, 1.807) is 17.4 Å². The van der Waals surface area contributed by atoms with E-state index in [1.807, 2.05) is 9.47 Å². The summed E-state index contributed by atoms with van der Waals surface area (Å²) in [6, 6.07) is 5.60. The van der Waals surface area contributed by atoms with Gasteiger partial charge < -0.3 is 14.4 Å². The SMILES string of the molecule is N#CC(=C1CCN(C(=O)N2CCn3cncc3C2)CC1)c1ccc(F)c(F)c1. The molecule has 0 bridgehead atoms. The van der Waals surface area contributed by atoms with Crippen LogP contribution in [-0.4, -0.2) is 45.0 Å². The summed E-state index contributed by atoms with van der Waals surface area (Å²) in [4.78, 5) is 20.5. The van der Waals surface area contributed by atoms with Gasteiger partial charge in [0.25, 0.3) is 0 Å². The minimum Gasteiger partial charge on any atom is -0.331 e. The van der Waals surface area contributed by atoms with Crippen LogP contribution in [0.4, 0.5) is 13.6 Å². The maximum Gasteiger partial charge on any atom is 0.320 e. The Labute approximate surface area is 161 Å². The fourth-order valence-corrected chi connectivity index (χ4v) is 3.76. The van der Waals surface area contributed by atoms with Gasteiger partial charge in [-0.3, -0.25) is 0 Å². The van der Waals surface area contributed by atoms with Crippen molar-refractivity contribution in [1.29, 1.82) is 5.26 Å². The van der Waals surface area contributed by atoms with Gasteiger partial charge in [-0.2, -0.15) is 5.26 Å². The molecule has 0 aliphatic carbocycles. The van der Waals surface area contributed by atoms with Gasteiger partial charge >= 0.3 is 6.03 Å². The molecule has 1 aromatic heterocycles. The molecule has 0 radical (unpaired) electrons. The molecule has 2 aliphatic rings. The average Bonchev–Trinajstić information content (AvgIpc) is 3.19. The first-order chi connectivity index (χ1) is 13.6. The van der Waals surface area contributed by atoms with E-state index >= 15 is 0 Å². The van der Waals surface area contributed by atoms with Crippen LogP contribution in [0, 0.1) is 23.0 Å². The van der Waals surface area contributed by atoms with E-state index in [9.17, 15) is 18.8 Å². The van der Waals surface area contributed by atoms with Crippen LogP contribution >= 0.6 is 0 Å². The highest BCUT2D eigenvalue weighted by Gasteiger charge is 2.28. The summed E-state index contributed by atoms with van der Waals surface area (Å²) >= 11 is 0. The van der Waals surface area contributed by atoms with Gasteiger partial charge in [0.05, 0.1) is 30.2 Å². The van der Waals surface area contributed by atoms with E-state index < -0.39 is 11.6 Å². The molecule has 2 amide bonds. The number of carbonyl (C=O) groups is 1. The Kier molecular flexibility index (Phi) is 4.82. The van der Waals surface area contributed by atoms with Crippen molar-refractivity contribution in [3.8, 4) is 6.07 Å². The predicted molar refractivity (Wildman–Crippen MR) is 97.7 cm³/mol. The number of allylic oxidation sites excluding steroid dienone is 1. The standard InChI is InChI=1S/C20H19F2N5O/c21-18-2-1-15(9-19(18)22)17(10-23)14-3-5-25(6-4-14)20(28)26-7-8-27-13-24-11-16(27)12-26/h1-2,9,11,13H,3-8,12H2. The number of nitrogens with zero attached hydrogens (tertiary/aromatic N) is 5. The molecular weight excluding hydrogens is 364 g/mol. The number of benzene rings is 1. The Morgan fingerprint density at radius 1 is 1.07 bits per heavy atom. The first-order valence-electron chi connectivity index (χ1n) is 9.17. The van der Waals surface area contributed by atoms with Crippen molar-refractivity contribution in [2.24, 2.45) is 0 Å². The fourth-order valence-electron chi connectivity index (χ4n) is 3.76. The van der Waals surface area contributed by atoms with E-state index in [1.165, 1.54) is 6.07 Å². The molecule has 0 atom stereocenters. The molecule has 6 nitrogen and oxygen atoms in total. The number of nitriles is 1. The van der Waals surface area contributed by atoms with E-state index in [-0.39, 0.29) is 6.03 Å². The third-order valence-corrected chi connectivity index (χ3v) is 5.34.